The van der Waals surface area contributed by atoms with E-state index in [9.17, 15) is 5.26 Å². The van der Waals surface area contributed by atoms with Gasteiger partial charge in [-0.1, -0.05) is 24.1 Å². The second kappa shape index (κ2) is 6.61. The number of hydrogen-bond acceptors (Lipinski definition) is 5. The van der Waals surface area contributed by atoms with Crippen LogP contribution >= 0.6 is 0 Å². The largest absolute Gasteiger partial charge is 0.309 e. The lowest BCUT2D eigenvalue weighted by Gasteiger charge is -2.07. The van der Waals surface area contributed by atoms with E-state index in [0.717, 1.165) is 42.9 Å². The van der Waals surface area contributed by atoms with Crippen LogP contribution in [0.1, 0.15) is 42.0 Å². The molecule has 2 aromatic rings. The molecule has 23 heavy (non-hydrogen) atoms. The van der Waals surface area contributed by atoms with E-state index in [1.54, 1.807) is 0 Å². The number of nitrogens with one attached hydrogen (secondary N) is 1. The van der Waals surface area contributed by atoms with Gasteiger partial charge < -0.3 is 4.57 Å². The molecule has 0 radical (unpaired) electrons. The normalized spacial score (nSPS) is 14.7. The van der Waals surface area contributed by atoms with Crippen molar-refractivity contribution in [1.82, 2.24) is 14.8 Å². The number of benzene rings is 1. The predicted octanol–water partition coefficient (Wildman–Crippen LogP) is 2.96. The zero-order chi connectivity index (χ0) is 16.2. The molecule has 3 rings (SSSR count). The monoisotopic (exact) mass is 308 g/mol. The molecule has 0 aliphatic carbocycles. The van der Waals surface area contributed by atoms with Crippen molar-refractivity contribution < 1.29 is 0 Å². The Morgan fingerprint density at radius 1 is 1.26 bits per heavy atom. The van der Waals surface area contributed by atoms with E-state index in [4.69, 9.17) is 0 Å². The SMILES string of the molecule is Cc1ccc(N/N=C(\C#N)c2nnc3n2CCCCC3)c(C)c1. The molecule has 2 heterocycles. The molecule has 1 aliphatic heterocycles. The van der Waals surface area contributed by atoms with Crippen LogP contribution in [0, 0.1) is 25.2 Å². The standard InChI is InChI=1S/C17H20N6/c1-12-7-8-14(13(2)10-12)19-20-15(11-18)17-22-21-16-6-4-3-5-9-23(16)17/h7-8,10,19H,3-6,9H2,1-2H3/b20-15+. The van der Waals surface area contributed by atoms with Gasteiger partial charge in [0.1, 0.15) is 11.9 Å². The topological polar surface area (TPSA) is 78.9 Å². The molecule has 6 heteroatoms. The fourth-order valence-electron chi connectivity index (χ4n) is 2.84. The molecule has 0 spiro atoms. The van der Waals surface area contributed by atoms with Gasteiger partial charge in [-0.15, -0.1) is 10.2 Å². The van der Waals surface area contributed by atoms with E-state index >= 15 is 0 Å². The average molecular weight is 308 g/mol. The van der Waals surface area contributed by atoms with Crippen molar-refractivity contribution in [3.05, 3.63) is 41.0 Å². The van der Waals surface area contributed by atoms with Crippen LogP contribution in [0.25, 0.3) is 0 Å². The summed E-state index contributed by atoms with van der Waals surface area (Å²) in [5.74, 6) is 1.51. The number of nitriles is 1. The lowest BCUT2D eigenvalue weighted by Crippen LogP contribution is -2.13. The Hall–Kier alpha value is -2.68. The maximum atomic E-state index is 9.46. The zero-order valence-corrected chi connectivity index (χ0v) is 13.5. The Morgan fingerprint density at radius 2 is 2.13 bits per heavy atom. The molecular formula is C17H20N6. The van der Waals surface area contributed by atoms with E-state index in [2.05, 4.69) is 32.9 Å². The maximum Gasteiger partial charge on any atom is 0.205 e. The van der Waals surface area contributed by atoms with Gasteiger partial charge in [0.15, 0.2) is 5.82 Å². The van der Waals surface area contributed by atoms with E-state index in [1.165, 1.54) is 12.0 Å². The van der Waals surface area contributed by atoms with Gasteiger partial charge >= 0.3 is 0 Å². The molecule has 0 unspecified atom stereocenters. The van der Waals surface area contributed by atoms with Crippen molar-refractivity contribution >= 4 is 11.4 Å². The zero-order valence-electron chi connectivity index (χ0n) is 13.5. The summed E-state index contributed by atoms with van der Waals surface area (Å²) in [7, 11) is 0. The molecule has 1 aromatic heterocycles. The van der Waals surface area contributed by atoms with Crippen LogP contribution in [0.3, 0.4) is 0 Å². The smallest absolute Gasteiger partial charge is 0.205 e. The van der Waals surface area contributed by atoms with Gasteiger partial charge in [0.2, 0.25) is 5.71 Å². The number of hydrazone groups is 1. The maximum absolute atomic E-state index is 9.46. The van der Waals surface area contributed by atoms with E-state index < -0.39 is 0 Å². The molecule has 0 atom stereocenters. The van der Waals surface area contributed by atoms with Crippen molar-refractivity contribution in [3.63, 3.8) is 0 Å². The van der Waals surface area contributed by atoms with Crippen molar-refractivity contribution in [1.29, 1.82) is 5.26 Å². The first kappa shape index (κ1) is 15.2. The number of hydrogen-bond donors (Lipinski definition) is 1. The van der Waals surface area contributed by atoms with Crippen molar-refractivity contribution in [2.45, 2.75) is 46.1 Å². The van der Waals surface area contributed by atoms with Gasteiger partial charge in [0, 0.05) is 13.0 Å². The molecule has 0 bridgehead atoms. The van der Waals surface area contributed by atoms with Crippen LogP contribution in [-0.2, 0) is 13.0 Å². The van der Waals surface area contributed by atoms with Gasteiger partial charge in [0.25, 0.3) is 0 Å². The molecule has 0 saturated heterocycles. The van der Waals surface area contributed by atoms with Gasteiger partial charge in [-0.2, -0.15) is 10.4 Å². The number of aromatic nitrogens is 3. The average Bonchev–Trinajstić information content (AvgIpc) is 2.78. The third-order valence-corrected chi connectivity index (χ3v) is 4.10. The predicted molar refractivity (Wildman–Crippen MR) is 89.3 cm³/mol. The van der Waals surface area contributed by atoms with Crippen LogP contribution in [0.5, 0.6) is 0 Å². The molecule has 0 saturated carbocycles. The summed E-state index contributed by atoms with van der Waals surface area (Å²) in [6, 6.07) is 8.20. The van der Waals surface area contributed by atoms with Crippen LogP contribution in [-0.4, -0.2) is 20.5 Å². The van der Waals surface area contributed by atoms with Gasteiger partial charge in [0.05, 0.1) is 5.69 Å². The highest BCUT2D eigenvalue weighted by Gasteiger charge is 2.18. The van der Waals surface area contributed by atoms with E-state index in [1.807, 2.05) is 30.5 Å². The number of fused-ring (bicyclic) bond motifs is 1. The minimum Gasteiger partial charge on any atom is -0.309 e. The summed E-state index contributed by atoms with van der Waals surface area (Å²) < 4.78 is 2.03. The van der Waals surface area contributed by atoms with Crippen molar-refractivity contribution in [2.24, 2.45) is 5.10 Å². The Labute approximate surface area is 135 Å². The van der Waals surface area contributed by atoms with Crippen LogP contribution in [0.4, 0.5) is 5.69 Å². The first-order chi connectivity index (χ1) is 11.2. The molecule has 118 valence electrons. The van der Waals surface area contributed by atoms with Crippen LogP contribution in [0.2, 0.25) is 0 Å². The highest BCUT2D eigenvalue weighted by atomic mass is 15.3. The number of aryl methyl sites for hydroxylation is 3. The lowest BCUT2D eigenvalue weighted by atomic mass is 10.1. The lowest BCUT2D eigenvalue weighted by molar-refractivity contribution is 0.628. The molecule has 1 aromatic carbocycles. The van der Waals surface area contributed by atoms with Gasteiger partial charge in [-0.3, -0.25) is 5.43 Å². The summed E-state index contributed by atoms with van der Waals surface area (Å²) >= 11 is 0. The Bertz CT molecular complexity index is 781. The Balaban J connectivity index is 1.88. The number of anilines is 1. The number of nitrogens with zero attached hydrogens (tertiary/aromatic N) is 5. The van der Waals surface area contributed by atoms with Gasteiger partial charge in [-0.05, 0) is 38.3 Å². The van der Waals surface area contributed by atoms with E-state index in [-0.39, 0.29) is 5.71 Å². The van der Waals surface area contributed by atoms with E-state index in [0.29, 0.717) is 5.82 Å². The molecule has 1 N–H and O–H groups in total. The summed E-state index contributed by atoms with van der Waals surface area (Å²) in [6.07, 6.45) is 4.30. The fourth-order valence-corrected chi connectivity index (χ4v) is 2.84. The minimum atomic E-state index is 0.269. The third kappa shape index (κ3) is 3.24. The molecule has 6 nitrogen and oxygen atoms in total. The first-order valence-electron chi connectivity index (χ1n) is 7.92. The molecule has 0 amide bonds. The Kier molecular flexibility index (Phi) is 4.38. The highest BCUT2D eigenvalue weighted by Crippen LogP contribution is 2.17. The second-order valence-corrected chi connectivity index (χ2v) is 5.90. The summed E-state index contributed by atoms with van der Waals surface area (Å²) in [4.78, 5) is 0. The molecular weight excluding hydrogens is 288 g/mol. The van der Waals surface area contributed by atoms with Gasteiger partial charge in [-0.25, -0.2) is 0 Å². The van der Waals surface area contributed by atoms with Crippen molar-refractivity contribution in [2.75, 3.05) is 5.43 Å². The highest BCUT2D eigenvalue weighted by molar-refractivity contribution is 6.09. The first-order valence-corrected chi connectivity index (χ1v) is 7.92. The van der Waals surface area contributed by atoms with Crippen LogP contribution < -0.4 is 5.43 Å². The summed E-state index contributed by atoms with van der Waals surface area (Å²) in [6.45, 7) is 4.91. The summed E-state index contributed by atoms with van der Waals surface area (Å²) in [5.41, 5.74) is 6.43. The fraction of sp³-hybridized carbons (Fsp3) is 0.412. The minimum absolute atomic E-state index is 0.269. The molecule has 0 fully saturated rings. The Morgan fingerprint density at radius 3 is 2.91 bits per heavy atom. The number of rotatable bonds is 3. The second-order valence-electron chi connectivity index (χ2n) is 5.90. The van der Waals surface area contributed by atoms with Crippen LogP contribution in [0.15, 0.2) is 23.3 Å². The quantitative estimate of drug-likeness (QED) is 0.698. The molecule has 1 aliphatic rings. The third-order valence-electron chi connectivity index (χ3n) is 4.10. The summed E-state index contributed by atoms with van der Waals surface area (Å²) in [5, 5.41) is 22.1. The van der Waals surface area contributed by atoms with Crippen molar-refractivity contribution in [3.8, 4) is 6.07 Å².